The SMILES string of the molecule is O=C(N[C@H](Cc1ccc(-c2ccccc2)cc1)C[C@@H](O)C(=O)O)c1cc(C(=O)N2CCC2)n[nH]1. The quantitative estimate of drug-likeness (QED) is 0.385. The molecule has 3 aromatic rings. The van der Waals surface area contributed by atoms with Gasteiger partial charge in [0.15, 0.2) is 11.8 Å². The Morgan fingerprint density at radius 2 is 1.71 bits per heavy atom. The summed E-state index contributed by atoms with van der Waals surface area (Å²) in [5.74, 6) is -2.13. The van der Waals surface area contributed by atoms with Gasteiger partial charge in [0.25, 0.3) is 11.8 Å². The van der Waals surface area contributed by atoms with Crippen molar-refractivity contribution in [1.82, 2.24) is 20.4 Å². The second-order valence-electron chi connectivity index (χ2n) is 8.34. The highest BCUT2D eigenvalue weighted by Crippen LogP contribution is 2.20. The average Bonchev–Trinajstić information content (AvgIpc) is 3.29. The zero-order chi connectivity index (χ0) is 24.1. The fourth-order valence-corrected chi connectivity index (χ4v) is 3.80. The summed E-state index contributed by atoms with van der Waals surface area (Å²) < 4.78 is 0. The monoisotopic (exact) mass is 462 g/mol. The summed E-state index contributed by atoms with van der Waals surface area (Å²) in [6, 6.07) is 18.3. The normalized spacial score (nSPS) is 14.7. The fraction of sp³-hybridized carbons (Fsp3) is 0.280. The molecule has 34 heavy (non-hydrogen) atoms. The first-order valence-electron chi connectivity index (χ1n) is 11.1. The van der Waals surface area contributed by atoms with Crippen molar-refractivity contribution in [2.75, 3.05) is 13.1 Å². The predicted octanol–water partition coefficient (Wildman–Crippen LogP) is 2.10. The number of likely N-dealkylation sites (tertiary alicyclic amines) is 1. The minimum atomic E-state index is -1.63. The van der Waals surface area contributed by atoms with Crippen molar-refractivity contribution in [1.29, 1.82) is 0 Å². The van der Waals surface area contributed by atoms with E-state index in [9.17, 15) is 19.5 Å². The standard InChI is InChI=1S/C25H26N4O5/c30-22(25(33)34)14-19(13-16-7-9-18(10-8-16)17-5-2-1-3-6-17)26-23(31)20-15-21(28-27-20)24(32)29-11-4-12-29/h1-3,5-10,15,19,22,30H,4,11-14H2,(H,26,31)(H,27,28)(H,33,34)/t19-,22-/m1/s1. The molecule has 2 amide bonds. The number of aromatic amines is 1. The van der Waals surface area contributed by atoms with Crippen LogP contribution < -0.4 is 5.32 Å². The zero-order valence-corrected chi connectivity index (χ0v) is 18.5. The molecule has 0 unspecified atom stereocenters. The Labute approximate surface area is 196 Å². The Bertz CT molecular complexity index is 1160. The molecule has 1 aliphatic heterocycles. The molecule has 4 rings (SSSR count). The third kappa shape index (κ3) is 5.49. The first-order chi connectivity index (χ1) is 16.4. The second kappa shape index (κ2) is 10.3. The number of aromatic nitrogens is 2. The van der Waals surface area contributed by atoms with Crippen LogP contribution >= 0.6 is 0 Å². The van der Waals surface area contributed by atoms with E-state index in [4.69, 9.17) is 5.11 Å². The van der Waals surface area contributed by atoms with E-state index < -0.39 is 24.0 Å². The van der Waals surface area contributed by atoms with Crippen molar-refractivity contribution in [3.63, 3.8) is 0 Å². The number of nitrogens with zero attached hydrogens (tertiary/aromatic N) is 2. The van der Waals surface area contributed by atoms with Crippen molar-refractivity contribution < 1.29 is 24.6 Å². The number of carboxylic acid groups (broad SMARTS) is 1. The van der Waals surface area contributed by atoms with E-state index in [-0.39, 0.29) is 23.7 Å². The molecule has 9 heteroatoms. The van der Waals surface area contributed by atoms with Gasteiger partial charge >= 0.3 is 5.97 Å². The Morgan fingerprint density at radius 3 is 2.32 bits per heavy atom. The summed E-state index contributed by atoms with van der Waals surface area (Å²) in [6.07, 6.45) is -0.531. The molecule has 176 valence electrons. The summed E-state index contributed by atoms with van der Waals surface area (Å²) in [7, 11) is 0. The highest BCUT2D eigenvalue weighted by Gasteiger charge is 2.26. The van der Waals surface area contributed by atoms with E-state index in [1.165, 1.54) is 6.07 Å². The third-order valence-corrected chi connectivity index (χ3v) is 5.86. The van der Waals surface area contributed by atoms with Crippen molar-refractivity contribution in [2.45, 2.75) is 31.4 Å². The molecule has 1 saturated heterocycles. The van der Waals surface area contributed by atoms with E-state index in [1.807, 2.05) is 54.6 Å². The van der Waals surface area contributed by atoms with Gasteiger partial charge in [-0.1, -0.05) is 54.6 Å². The number of hydrogen-bond acceptors (Lipinski definition) is 5. The topological polar surface area (TPSA) is 136 Å². The van der Waals surface area contributed by atoms with Crippen molar-refractivity contribution in [3.05, 3.63) is 77.6 Å². The molecule has 2 atom stereocenters. The van der Waals surface area contributed by atoms with Gasteiger partial charge in [0, 0.05) is 31.6 Å². The van der Waals surface area contributed by atoms with Gasteiger partial charge in [-0.2, -0.15) is 5.10 Å². The third-order valence-electron chi connectivity index (χ3n) is 5.86. The maximum absolute atomic E-state index is 12.8. The molecule has 2 aromatic carbocycles. The Morgan fingerprint density at radius 1 is 1.03 bits per heavy atom. The Kier molecular flexibility index (Phi) is 7.03. The van der Waals surface area contributed by atoms with Crippen LogP contribution in [0.2, 0.25) is 0 Å². The number of hydrogen-bond donors (Lipinski definition) is 4. The smallest absolute Gasteiger partial charge is 0.332 e. The molecule has 0 radical (unpaired) electrons. The molecule has 9 nitrogen and oxygen atoms in total. The Balaban J connectivity index is 1.45. The van der Waals surface area contributed by atoms with Crippen LogP contribution in [0.4, 0.5) is 0 Å². The molecular formula is C25H26N4O5. The van der Waals surface area contributed by atoms with Crippen molar-refractivity contribution in [3.8, 4) is 11.1 Å². The van der Waals surface area contributed by atoms with E-state index in [1.54, 1.807) is 4.90 Å². The first kappa shape index (κ1) is 23.2. The summed E-state index contributed by atoms with van der Waals surface area (Å²) in [6.45, 7) is 1.34. The number of aliphatic hydroxyl groups is 1. The zero-order valence-electron chi connectivity index (χ0n) is 18.5. The lowest BCUT2D eigenvalue weighted by Crippen LogP contribution is -2.42. The van der Waals surface area contributed by atoms with Crippen LogP contribution in [0, 0.1) is 0 Å². The van der Waals surface area contributed by atoms with Crippen LogP contribution in [0.5, 0.6) is 0 Å². The van der Waals surface area contributed by atoms with Crippen LogP contribution in [0.1, 0.15) is 39.4 Å². The minimum Gasteiger partial charge on any atom is -0.479 e. The number of aliphatic hydroxyl groups excluding tert-OH is 1. The molecule has 0 spiro atoms. The van der Waals surface area contributed by atoms with E-state index in [2.05, 4.69) is 15.5 Å². The van der Waals surface area contributed by atoms with E-state index in [0.717, 1.165) is 23.1 Å². The molecule has 1 aliphatic rings. The van der Waals surface area contributed by atoms with Gasteiger partial charge in [0.2, 0.25) is 0 Å². The van der Waals surface area contributed by atoms with Gasteiger partial charge in [-0.05, 0) is 29.5 Å². The summed E-state index contributed by atoms with van der Waals surface area (Å²) in [4.78, 5) is 37.9. The van der Waals surface area contributed by atoms with Crippen molar-refractivity contribution >= 4 is 17.8 Å². The summed E-state index contributed by atoms with van der Waals surface area (Å²) >= 11 is 0. The van der Waals surface area contributed by atoms with Crippen LogP contribution in [0.25, 0.3) is 11.1 Å². The maximum atomic E-state index is 12.8. The van der Waals surface area contributed by atoms with Gasteiger partial charge in [-0.15, -0.1) is 0 Å². The van der Waals surface area contributed by atoms with E-state index >= 15 is 0 Å². The van der Waals surface area contributed by atoms with Crippen molar-refractivity contribution in [2.24, 2.45) is 0 Å². The summed E-state index contributed by atoms with van der Waals surface area (Å²) in [5.41, 5.74) is 3.23. The van der Waals surface area contributed by atoms with Gasteiger partial charge in [0.05, 0.1) is 0 Å². The predicted molar refractivity (Wildman–Crippen MR) is 124 cm³/mol. The van der Waals surface area contributed by atoms with Gasteiger partial charge in [-0.3, -0.25) is 14.7 Å². The molecular weight excluding hydrogens is 436 g/mol. The lowest BCUT2D eigenvalue weighted by Gasteiger charge is -2.29. The number of H-pyrrole nitrogens is 1. The number of nitrogens with one attached hydrogen (secondary N) is 2. The Hall–Kier alpha value is -3.98. The van der Waals surface area contributed by atoms with Gasteiger partial charge < -0.3 is 20.4 Å². The highest BCUT2D eigenvalue weighted by atomic mass is 16.4. The number of carboxylic acids is 1. The summed E-state index contributed by atoms with van der Waals surface area (Å²) in [5, 5.41) is 28.3. The molecule has 4 N–H and O–H groups in total. The van der Waals surface area contributed by atoms with Crippen LogP contribution in [0.15, 0.2) is 60.7 Å². The molecule has 1 aromatic heterocycles. The molecule has 0 bridgehead atoms. The first-order valence-corrected chi connectivity index (χ1v) is 11.1. The number of carbonyl (C=O) groups excluding carboxylic acids is 2. The number of benzene rings is 2. The highest BCUT2D eigenvalue weighted by molar-refractivity contribution is 5.98. The van der Waals surface area contributed by atoms with Crippen LogP contribution in [-0.4, -0.2) is 68.3 Å². The van der Waals surface area contributed by atoms with Gasteiger partial charge in [0.1, 0.15) is 5.69 Å². The fourth-order valence-electron chi connectivity index (χ4n) is 3.80. The molecule has 2 heterocycles. The number of rotatable bonds is 9. The second-order valence-corrected chi connectivity index (χ2v) is 8.34. The van der Waals surface area contributed by atoms with E-state index in [0.29, 0.717) is 19.5 Å². The maximum Gasteiger partial charge on any atom is 0.332 e. The number of aliphatic carboxylic acids is 1. The molecule has 1 fully saturated rings. The minimum absolute atomic E-state index is 0.0955. The average molecular weight is 463 g/mol. The number of carbonyl (C=O) groups is 3. The number of amides is 2. The van der Waals surface area contributed by atoms with Crippen LogP contribution in [0.3, 0.4) is 0 Å². The molecule has 0 aliphatic carbocycles. The largest absolute Gasteiger partial charge is 0.479 e. The van der Waals surface area contributed by atoms with Gasteiger partial charge in [-0.25, -0.2) is 4.79 Å². The lowest BCUT2D eigenvalue weighted by atomic mass is 9.97. The molecule has 0 saturated carbocycles. The van der Waals surface area contributed by atoms with Crippen LogP contribution in [-0.2, 0) is 11.2 Å². The lowest BCUT2D eigenvalue weighted by molar-refractivity contribution is -0.147.